The highest BCUT2D eigenvalue weighted by Gasteiger charge is 2.22. The molecule has 1 aromatic heterocycles. The van der Waals surface area contributed by atoms with Gasteiger partial charge in [0, 0.05) is 27.4 Å². The molecule has 2 N–H and O–H groups in total. The average Bonchev–Trinajstić information content (AvgIpc) is 2.91. The molecule has 0 aromatic carbocycles. The molecule has 1 aliphatic heterocycles. The number of ether oxygens (including phenoxy) is 2. The van der Waals surface area contributed by atoms with Gasteiger partial charge in [-0.25, -0.2) is 4.68 Å². The van der Waals surface area contributed by atoms with Crippen molar-refractivity contribution in [3.63, 3.8) is 0 Å². The molecule has 6 heteroatoms. The van der Waals surface area contributed by atoms with Gasteiger partial charge in [0.2, 0.25) is 0 Å². The fourth-order valence-corrected chi connectivity index (χ4v) is 2.91. The van der Waals surface area contributed by atoms with Crippen LogP contribution in [0.5, 0.6) is 0 Å². The first-order chi connectivity index (χ1) is 8.96. The van der Waals surface area contributed by atoms with Crippen molar-refractivity contribution in [2.75, 3.05) is 18.9 Å². The number of aromatic nitrogens is 2. The maximum Gasteiger partial charge on any atom is 0.145 e. The summed E-state index contributed by atoms with van der Waals surface area (Å²) in [6.07, 6.45) is 2.28. The number of hydrogen-bond acceptors (Lipinski definition) is 4. The number of hydrogen-bond donors (Lipinski definition) is 1. The van der Waals surface area contributed by atoms with Crippen LogP contribution in [-0.4, -0.2) is 31.1 Å². The molecule has 1 fully saturated rings. The zero-order valence-corrected chi connectivity index (χ0v) is 13.2. The third kappa shape index (κ3) is 4.33. The standard InChI is InChI=1S/C13H25N3O2Si/c1-19(2,3)8-7-17-10-16-11(9-13(14)15-16)12-5-4-6-18-12/h9,12H,4-8,10H2,1-3H3,(H2,14,15). The summed E-state index contributed by atoms with van der Waals surface area (Å²) in [6.45, 7) is 9.13. The van der Waals surface area contributed by atoms with Crippen LogP contribution in [0.1, 0.15) is 24.6 Å². The van der Waals surface area contributed by atoms with E-state index in [9.17, 15) is 0 Å². The molecule has 1 aliphatic rings. The lowest BCUT2D eigenvalue weighted by Crippen LogP contribution is -2.22. The van der Waals surface area contributed by atoms with E-state index in [0.717, 1.165) is 31.7 Å². The summed E-state index contributed by atoms with van der Waals surface area (Å²) in [4.78, 5) is 0. The van der Waals surface area contributed by atoms with Gasteiger partial charge in [-0.3, -0.25) is 0 Å². The Labute approximate surface area is 116 Å². The average molecular weight is 283 g/mol. The van der Waals surface area contributed by atoms with E-state index in [1.165, 1.54) is 6.04 Å². The number of rotatable bonds is 6. The Kier molecular flexibility index (Phi) is 4.65. The normalized spacial score (nSPS) is 20.1. The molecule has 0 bridgehead atoms. The van der Waals surface area contributed by atoms with Gasteiger partial charge in [0.1, 0.15) is 12.5 Å². The minimum Gasteiger partial charge on any atom is -0.382 e. The molecule has 0 spiro atoms. The fourth-order valence-electron chi connectivity index (χ4n) is 2.15. The molecule has 1 unspecified atom stereocenters. The van der Waals surface area contributed by atoms with Crippen LogP contribution < -0.4 is 5.73 Å². The highest BCUT2D eigenvalue weighted by atomic mass is 28.3. The van der Waals surface area contributed by atoms with Gasteiger partial charge in [-0.2, -0.15) is 5.10 Å². The Balaban J connectivity index is 1.89. The van der Waals surface area contributed by atoms with E-state index in [-0.39, 0.29) is 6.10 Å². The second-order valence-electron chi connectivity index (χ2n) is 6.34. The van der Waals surface area contributed by atoms with Gasteiger partial charge in [0.15, 0.2) is 0 Å². The second kappa shape index (κ2) is 6.07. The molecule has 1 atom stereocenters. The highest BCUT2D eigenvalue weighted by Crippen LogP contribution is 2.29. The van der Waals surface area contributed by atoms with Gasteiger partial charge >= 0.3 is 0 Å². The Morgan fingerprint density at radius 3 is 2.95 bits per heavy atom. The second-order valence-corrected chi connectivity index (χ2v) is 12.0. The number of nitrogen functional groups attached to an aromatic ring is 1. The summed E-state index contributed by atoms with van der Waals surface area (Å²) in [5, 5.41) is 4.29. The van der Waals surface area contributed by atoms with E-state index in [4.69, 9.17) is 15.2 Å². The zero-order chi connectivity index (χ0) is 13.9. The number of nitrogens with two attached hydrogens (primary N) is 1. The third-order valence-corrected chi connectivity index (χ3v) is 5.00. The molecular weight excluding hydrogens is 258 g/mol. The lowest BCUT2D eigenvalue weighted by Gasteiger charge is -2.16. The highest BCUT2D eigenvalue weighted by molar-refractivity contribution is 6.76. The van der Waals surface area contributed by atoms with Crippen molar-refractivity contribution in [3.05, 3.63) is 11.8 Å². The molecule has 0 radical (unpaired) electrons. The van der Waals surface area contributed by atoms with Gasteiger partial charge < -0.3 is 15.2 Å². The molecule has 0 amide bonds. The van der Waals surface area contributed by atoms with Crippen LogP contribution in [0.3, 0.4) is 0 Å². The lowest BCUT2D eigenvalue weighted by atomic mass is 10.2. The van der Waals surface area contributed by atoms with E-state index in [1.54, 1.807) is 0 Å². The van der Waals surface area contributed by atoms with Crippen molar-refractivity contribution in [2.45, 2.75) is 51.4 Å². The largest absolute Gasteiger partial charge is 0.382 e. The van der Waals surface area contributed by atoms with Crippen molar-refractivity contribution >= 4 is 13.9 Å². The molecule has 0 aliphatic carbocycles. The van der Waals surface area contributed by atoms with E-state index < -0.39 is 8.07 Å². The quantitative estimate of drug-likeness (QED) is 0.644. The summed E-state index contributed by atoms with van der Waals surface area (Å²) in [6, 6.07) is 3.07. The lowest BCUT2D eigenvalue weighted by molar-refractivity contribution is 0.0594. The Bertz CT molecular complexity index is 409. The first-order valence-corrected chi connectivity index (χ1v) is 10.7. The number of nitrogens with zero attached hydrogens (tertiary/aromatic N) is 2. The molecule has 2 heterocycles. The van der Waals surface area contributed by atoms with E-state index in [0.29, 0.717) is 12.5 Å². The summed E-state index contributed by atoms with van der Waals surface area (Å²) >= 11 is 0. The minimum atomic E-state index is -1.03. The summed E-state index contributed by atoms with van der Waals surface area (Å²) in [5.74, 6) is 0.541. The van der Waals surface area contributed by atoms with Crippen LogP contribution in [0, 0.1) is 0 Å². The van der Waals surface area contributed by atoms with E-state index in [1.807, 2.05) is 10.7 Å². The van der Waals surface area contributed by atoms with Crippen molar-refractivity contribution < 1.29 is 9.47 Å². The van der Waals surface area contributed by atoms with Gasteiger partial charge in [0.25, 0.3) is 0 Å². The van der Waals surface area contributed by atoms with Gasteiger partial charge in [-0.05, 0) is 18.9 Å². The maximum atomic E-state index is 5.78. The smallest absolute Gasteiger partial charge is 0.145 e. The van der Waals surface area contributed by atoms with Crippen LogP contribution in [-0.2, 0) is 16.2 Å². The van der Waals surface area contributed by atoms with Crippen molar-refractivity contribution in [1.29, 1.82) is 0 Å². The van der Waals surface area contributed by atoms with Crippen molar-refractivity contribution in [2.24, 2.45) is 0 Å². The molecular formula is C13H25N3O2Si. The van der Waals surface area contributed by atoms with Crippen LogP contribution in [0.25, 0.3) is 0 Å². The SMILES string of the molecule is C[Si](C)(C)CCOCn1nc(N)cc1C1CCCO1. The predicted octanol–water partition coefficient (Wildman–Crippen LogP) is 2.63. The molecule has 19 heavy (non-hydrogen) atoms. The Morgan fingerprint density at radius 1 is 1.53 bits per heavy atom. The first-order valence-electron chi connectivity index (χ1n) is 6.98. The van der Waals surface area contributed by atoms with E-state index in [2.05, 4.69) is 24.7 Å². The molecule has 0 saturated carbocycles. The van der Waals surface area contributed by atoms with Gasteiger partial charge in [-0.15, -0.1) is 0 Å². The molecule has 1 aromatic rings. The summed E-state index contributed by atoms with van der Waals surface area (Å²) in [7, 11) is -1.03. The van der Waals surface area contributed by atoms with Crippen LogP contribution in [0.2, 0.25) is 25.7 Å². The van der Waals surface area contributed by atoms with Gasteiger partial charge in [-0.1, -0.05) is 19.6 Å². The maximum absolute atomic E-state index is 5.78. The Morgan fingerprint density at radius 2 is 2.32 bits per heavy atom. The Hall–Kier alpha value is -0.853. The van der Waals surface area contributed by atoms with Crippen LogP contribution >= 0.6 is 0 Å². The molecule has 1 saturated heterocycles. The molecule has 5 nitrogen and oxygen atoms in total. The first kappa shape index (κ1) is 14.6. The topological polar surface area (TPSA) is 62.3 Å². The minimum absolute atomic E-state index is 0.130. The summed E-state index contributed by atoms with van der Waals surface area (Å²) in [5.41, 5.74) is 6.83. The van der Waals surface area contributed by atoms with Crippen LogP contribution in [0.15, 0.2) is 6.07 Å². The van der Waals surface area contributed by atoms with Gasteiger partial charge in [0.05, 0.1) is 11.8 Å². The predicted molar refractivity (Wildman–Crippen MR) is 78.7 cm³/mol. The monoisotopic (exact) mass is 283 g/mol. The van der Waals surface area contributed by atoms with Crippen LogP contribution in [0.4, 0.5) is 5.82 Å². The molecule has 2 rings (SSSR count). The fraction of sp³-hybridized carbons (Fsp3) is 0.769. The third-order valence-electron chi connectivity index (χ3n) is 3.30. The summed E-state index contributed by atoms with van der Waals surface area (Å²) < 4.78 is 13.3. The number of anilines is 1. The van der Waals surface area contributed by atoms with Crippen molar-refractivity contribution in [3.8, 4) is 0 Å². The molecule has 108 valence electrons. The van der Waals surface area contributed by atoms with Crippen molar-refractivity contribution in [1.82, 2.24) is 9.78 Å². The zero-order valence-electron chi connectivity index (χ0n) is 12.2. The van der Waals surface area contributed by atoms with E-state index >= 15 is 0 Å².